The highest BCUT2D eigenvalue weighted by atomic mass is 32.9. The first-order chi connectivity index (χ1) is 9.54. The molecule has 0 saturated heterocycles. The maximum Gasteiger partial charge on any atom is 0.247 e. The van der Waals surface area contributed by atoms with E-state index in [1.807, 2.05) is 0 Å². The molecule has 0 amide bonds. The minimum atomic E-state index is -2.11. The molecule has 0 aliphatic rings. The van der Waals surface area contributed by atoms with E-state index >= 15 is 0 Å². The predicted molar refractivity (Wildman–Crippen MR) is 97.2 cm³/mol. The molecule has 0 rings (SSSR count). The van der Waals surface area contributed by atoms with Crippen LogP contribution in [-0.2, 0) is 20.9 Å². The van der Waals surface area contributed by atoms with E-state index in [9.17, 15) is 0 Å². The Labute approximate surface area is 135 Å². The highest BCUT2D eigenvalue weighted by Crippen LogP contribution is 2.61. The van der Waals surface area contributed by atoms with Crippen LogP contribution in [0.25, 0.3) is 0 Å². The summed E-state index contributed by atoms with van der Waals surface area (Å²) in [6, 6.07) is 0. The molecule has 0 fully saturated rings. The Hall–Kier alpha value is 0.920. The average Bonchev–Trinajstić information content (AvgIpc) is 2.40. The van der Waals surface area contributed by atoms with E-state index in [0.29, 0.717) is 5.92 Å². The second-order valence-corrected chi connectivity index (χ2v) is 12.0. The second kappa shape index (κ2) is 13.6. The van der Waals surface area contributed by atoms with E-state index in [-0.39, 0.29) is 0 Å². The highest BCUT2D eigenvalue weighted by molar-refractivity contribution is 8.67. The lowest BCUT2D eigenvalue weighted by Crippen LogP contribution is -1.99. The molecular formula is C15H33O2PS2. The molecule has 0 aromatic heterocycles. The smallest absolute Gasteiger partial charge is 0.247 e. The summed E-state index contributed by atoms with van der Waals surface area (Å²) in [4.78, 5) is 0. The van der Waals surface area contributed by atoms with Crippen molar-refractivity contribution in [3.63, 3.8) is 0 Å². The van der Waals surface area contributed by atoms with Crippen LogP contribution in [0.1, 0.15) is 72.6 Å². The zero-order chi connectivity index (χ0) is 15.3. The van der Waals surface area contributed by atoms with E-state index in [0.717, 1.165) is 31.8 Å². The first-order valence-corrected chi connectivity index (χ1v) is 12.3. The summed E-state index contributed by atoms with van der Waals surface area (Å²) >= 11 is 7.43. The van der Waals surface area contributed by atoms with Crippen LogP contribution in [-0.4, -0.2) is 19.0 Å². The average molecular weight is 341 g/mol. The van der Waals surface area contributed by atoms with E-state index in [1.54, 1.807) is 11.4 Å². The summed E-state index contributed by atoms with van der Waals surface area (Å²) in [7, 11) is 0. The molecule has 5 heteroatoms. The van der Waals surface area contributed by atoms with E-state index in [1.165, 1.54) is 32.1 Å². The third-order valence-corrected chi connectivity index (χ3v) is 8.38. The molecule has 0 unspecified atom stereocenters. The standard InChI is InChI=1S/C15H33O2PS2/c1-5-7-9-12-16-18(19,17-13-10-8-6-2)20-14-11-15(3)4/h15H,5-14H2,1-4H3. The Morgan fingerprint density at radius 3 is 1.85 bits per heavy atom. The maximum absolute atomic E-state index is 5.96. The number of hydrogen-bond donors (Lipinski definition) is 0. The van der Waals surface area contributed by atoms with E-state index in [2.05, 4.69) is 27.7 Å². The van der Waals surface area contributed by atoms with Crippen LogP contribution in [0, 0.1) is 5.92 Å². The topological polar surface area (TPSA) is 18.5 Å². The molecule has 0 aromatic carbocycles. The van der Waals surface area contributed by atoms with Gasteiger partial charge in [-0.3, -0.25) is 0 Å². The first kappa shape index (κ1) is 20.9. The van der Waals surface area contributed by atoms with Gasteiger partial charge in [-0.25, -0.2) is 0 Å². The van der Waals surface area contributed by atoms with Crippen LogP contribution in [0.4, 0.5) is 0 Å². The SMILES string of the molecule is CCCCCOP(=S)(OCCCCC)SCCC(C)C. The summed E-state index contributed by atoms with van der Waals surface area (Å²) < 4.78 is 11.9. The summed E-state index contributed by atoms with van der Waals surface area (Å²) in [5.74, 6) is 1.77. The predicted octanol–water partition coefficient (Wildman–Crippen LogP) is 6.40. The fraction of sp³-hybridized carbons (Fsp3) is 1.00. The van der Waals surface area contributed by atoms with Crippen LogP contribution in [0.5, 0.6) is 0 Å². The van der Waals surface area contributed by atoms with Crippen molar-refractivity contribution in [3.05, 3.63) is 0 Å². The number of rotatable bonds is 14. The van der Waals surface area contributed by atoms with E-state index < -0.39 is 5.69 Å². The Balaban J connectivity index is 4.09. The minimum Gasteiger partial charge on any atom is -0.322 e. The zero-order valence-electron chi connectivity index (χ0n) is 13.7. The van der Waals surface area contributed by atoms with Crippen molar-refractivity contribution < 1.29 is 9.05 Å². The van der Waals surface area contributed by atoms with Crippen molar-refractivity contribution in [1.29, 1.82) is 0 Å². The summed E-state index contributed by atoms with van der Waals surface area (Å²) in [6.45, 7) is 10.4. The van der Waals surface area contributed by atoms with Crippen LogP contribution >= 0.6 is 17.1 Å². The summed E-state index contributed by atoms with van der Waals surface area (Å²) in [5.41, 5.74) is -2.11. The quantitative estimate of drug-likeness (QED) is 0.269. The molecule has 2 nitrogen and oxygen atoms in total. The first-order valence-electron chi connectivity index (χ1n) is 8.07. The number of unbranched alkanes of at least 4 members (excludes halogenated alkanes) is 4. The van der Waals surface area contributed by atoms with Gasteiger partial charge in [-0.2, -0.15) is 0 Å². The van der Waals surface area contributed by atoms with Crippen LogP contribution < -0.4 is 0 Å². The monoisotopic (exact) mass is 340 g/mol. The fourth-order valence-corrected chi connectivity index (χ4v) is 6.30. The van der Waals surface area contributed by atoms with Gasteiger partial charge in [0.2, 0.25) is 5.69 Å². The molecule has 0 heterocycles. The normalized spacial score (nSPS) is 12.2. The summed E-state index contributed by atoms with van der Waals surface area (Å²) in [5, 5.41) is 0. The van der Waals surface area contributed by atoms with E-state index in [4.69, 9.17) is 20.9 Å². The Morgan fingerprint density at radius 1 is 0.950 bits per heavy atom. The van der Waals surface area contributed by atoms with Gasteiger partial charge in [0, 0.05) is 5.75 Å². The Kier molecular flexibility index (Phi) is 14.2. The molecule has 0 radical (unpaired) electrons. The van der Waals surface area contributed by atoms with Gasteiger partial charge < -0.3 is 9.05 Å². The number of hydrogen-bond acceptors (Lipinski definition) is 4. The van der Waals surface area contributed by atoms with Gasteiger partial charge in [0.1, 0.15) is 0 Å². The molecule has 0 aliphatic heterocycles. The van der Waals surface area contributed by atoms with Gasteiger partial charge >= 0.3 is 0 Å². The molecule has 122 valence electrons. The van der Waals surface area contributed by atoms with Gasteiger partial charge in [0.15, 0.2) is 0 Å². The lowest BCUT2D eigenvalue weighted by atomic mass is 10.2. The van der Waals surface area contributed by atoms with Gasteiger partial charge in [-0.05, 0) is 37.0 Å². The molecule has 0 atom stereocenters. The summed E-state index contributed by atoms with van der Waals surface area (Å²) in [6.07, 6.45) is 8.22. The van der Waals surface area contributed by atoms with Crippen molar-refractivity contribution in [3.8, 4) is 0 Å². The lowest BCUT2D eigenvalue weighted by molar-refractivity contribution is 0.250. The largest absolute Gasteiger partial charge is 0.322 e. The molecule has 0 aliphatic carbocycles. The van der Waals surface area contributed by atoms with Crippen molar-refractivity contribution >= 4 is 28.9 Å². The van der Waals surface area contributed by atoms with Crippen LogP contribution in [0.15, 0.2) is 0 Å². The zero-order valence-corrected chi connectivity index (χ0v) is 16.3. The minimum absolute atomic E-state index is 0.714. The van der Waals surface area contributed by atoms with Crippen molar-refractivity contribution in [1.82, 2.24) is 0 Å². The second-order valence-electron chi connectivity index (χ2n) is 5.54. The van der Waals surface area contributed by atoms with Gasteiger partial charge in [-0.15, -0.1) is 0 Å². The van der Waals surface area contributed by atoms with Gasteiger partial charge in [-0.1, -0.05) is 64.8 Å². The molecule has 0 spiro atoms. The molecule has 0 aromatic rings. The molecule has 0 saturated carbocycles. The van der Waals surface area contributed by atoms with Crippen molar-refractivity contribution in [2.45, 2.75) is 72.6 Å². The molecule has 20 heavy (non-hydrogen) atoms. The molecule has 0 N–H and O–H groups in total. The molecule has 0 bridgehead atoms. The van der Waals surface area contributed by atoms with Gasteiger partial charge in [0.05, 0.1) is 13.2 Å². The third kappa shape index (κ3) is 12.6. The fourth-order valence-electron chi connectivity index (χ4n) is 1.57. The molecular weight excluding hydrogens is 307 g/mol. The third-order valence-electron chi connectivity index (χ3n) is 2.94. The lowest BCUT2D eigenvalue weighted by Gasteiger charge is -2.22. The van der Waals surface area contributed by atoms with Crippen LogP contribution in [0.2, 0.25) is 0 Å². The highest BCUT2D eigenvalue weighted by Gasteiger charge is 2.19. The van der Waals surface area contributed by atoms with Crippen LogP contribution in [0.3, 0.4) is 0 Å². The Bertz CT molecular complexity index is 244. The maximum atomic E-state index is 5.96. The van der Waals surface area contributed by atoms with Crippen molar-refractivity contribution in [2.24, 2.45) is 5.92 Å². The van der Waals surface area contributed by atoms with Crippen molar-refractivity contribution in [2.75, 3.05) is 19.0 Å². The van der Waals surface area contributed by atoms with Gasteiger partial charge in [0.25, 0.3) is 0 Å². The Morgan fingerprint density at radius 2 is 1.45 bits per heavy atom.